The number of amides is 1. The average Bonchev–Trinajstić information content (AvgIpc) is 1.98. The summed E-state index contributed by atoms with van der Waals surface area (Å²) in [6.45, 7) is 1.58. The van der Waals surface area contributed by atoms with Crippen molar-refractivity contribution in [3.63, 3.8) is 0 Å². The van der Waals surface area contributed by atoms with E-state index in [0.717, 1.165) is 0 Å². The van der Waals surface area contributed by atoms with Gasteiger partial charge in [-0.1, -0.05) is 6.92 Å². The van der Waals surface area contributed by atoms with E-state index in [0.29, 0.717) is 0 Å². The highest BCUT2D eigenvalue weighted by atomic mass is 19.4. The smallest absolute Gasteiger partial charge is 0.397 e. The molecular formula is C8H12F3NO3. The van der Waals surface area contributed by atoms with Crippen LogP contribution >= 0.6 is 0 Å². The lowest BCUT2D eigenvalue weighted by Crippen LogP contribution is -2.38. The molecule has 0 bridgehead atoms. The number of carboxylic acids is 1. The predicted molar refractivity (Wildman–Crippen MR) is 45.1 cm³/mol. The van der Waals surface area contributed by atoms with Gasteiger partial charge in [0.15, 0.2) is 0 Å². The minimum atomic E-state index is -4.56. The first kappa shape index (κ1) is 13.7. The van der Waals surface area contributed by atoms with Crippen LogP contribution in [0, 0.1) is 0 Å². The second-order valence-corrected chi connectivity index (χ2v) is 3.06. The Kier molecular flexibility index (Phi) is 5.10. The van der Waals surface area contributed by atoms with E-state index in [-0.39, 0.29) is 12.8 Å². The summed E-state index contributed by atoms with van der Waals surface area (Å²) in [5, 5.41) is 10.4. The molecule has 1 unspecified atom stereocenters. The third kappa shape index (κ3) is 7.77. The predicted octanol–water partition coefficient (Wildman–Crippen LogP) is 1.31. The maximum Gasteiger partial charge on any atom is 0.397 e. The van der Waals surface area contributed by atoms with E-state index in [4.69, 9.17) is 5.11 Å². The van der Waals surface area contributed by atoms with Crippen LogP contribution in [0.2, 0.25) is 0 Å². The van der Waals surface area contributed by atoms with E-state index in [1.54, 1.807) is 6.92 Å². The summed E-state index contributed by atoms with van der Waals surface area (Å²) in [5.41, 5.74) is 0. The Balaban J connectivity index is 4.07. The lowest BCUT2D eigenvalue weighted by Gasteiger charge is -2.15. The first-order valence-electron chi connectivity index (χ1n) is 4.32. The van der Waals surface area contributed by atoms with Gasteiger partial charge >= 0.3 is 12.1 Å². The Hall–Kier alpha value is -1.27. The zero-order chi connectivity index (χ0) is 12.1. The standard InChI is InChI=1S/C8H12F3NO3/c1-2-5(3-7(14)15)12-6(13)4-8(9,10)11/h5H,2-4H2,1H3,(H,12,13)(H,14,15). The topological polar surface area (TPSA) is 66.4 Å². The summed E-state index contributed by atoms with van der Waals surface area (Å²) in [6.07, 6.45) is -6.25. The van der Waals surface area contributed by atoms with Crippen LogP contribution in [0.4, 0.5) is 13.2 Å². The van der Waals surface area contributed by atoms with E-state index in [1.165, 1.54) is 0 Å². The van der Waals surface area contributed by atoms with E-state index >= 15 is 0 Å². The molecule has 2 N–H and O–H groups in total. The summed E-state index contributed by atoms with van der Waals surface area (Å²) in [7, 11) is 0. The van der Waals surface area contributed by atoms with Gasteiger partial charge in [-0.3, -0.25) is 9.59 Å². The number of rotatable bonds is 5. The van der Waals surface area contributed by atoms with Crippen molar-refractivity contribution in [2.75, 3.05) is 0 Å². The van der Waals surface area contributed by atoms with Crippen LogP contribution in [-0.4, -0.2) is 29.2 Å². The summed E-state index contributed by atoms with van der Waals surface area (Å²) in [4.78, 5) is 21.0. The van der Waals surface area contributed by atoms with Crippen molar-refractivity contribution in [3.8, 4) is 0 Å². The van der Waals surface area contributed by atoms with Gasteiger partial charge in [0.25, 0.3) is 0 Å². The van der Waals surface area contributed by atoms with Crippen molar-refractivity contribution in [1.29, 1.82) is 0 Å². The fourth-order valence-corrected chi connectivity index (χ4v) is 0.969. The summed E-state index contributed by atoms with van der Waals surface area (Å²) >= 11 is 0. The lowest BCUT2D eigenvalue weighted by atomic mass is 10.1. The molecular weight excluding hydrogens is 215 g/mol. The molecule has 0 saturated carbocycles. The first-order valence-corrected chi connectivity index (χ1v) is 4.32. The first-order chi connectivity index (χ1) is 6.74. The molecule has 0 aliphatic heterocycles. The van der Waals surface area contributed by atoms with Crippen LogP contribution < -0.4 is 5.32 Å². The van der Waals surface area contributed by atoms with Gasteiger partial charge in [0, 0.05) is 6.04 Å². The quantitative estimate of drug-likeness (QED) is 0.744. The largest absolute Gasteiger partial charge is 0.481 e. The van der Waals surface area contributed by atoms with Crippen molar-refractivity contribution in [2.24, 2.45) is 0 Å². The van der Waals surface area contributed by atoms with Crippen LogP contribution in [0.3, 0.4) is 0 Å². The van der Waals surface area contributed by atoms with Gasteiger partial charge < -0.3 is 10.4 Å². The fraction of sp³-hybridized carbons (Fsp3) is 0.750. The number of carboxylic acid groups (broad SMARTS) is 1. The van der Waals surface area contributed by atoms with Crippen molar-refractivity contribution < 1.29 is 27.9 Å². The number of halogens is 3. The Bertz CT molecular complexity index is 240. The number of hydrogen-bond acceptors (Lipinski definition) is 2. The Labute approximate surface area is 84.5 Å². The monoisotopic (exact) mass is 227 g/mol. The summed E-state index contributed by atoms with van der Waals surface area (Å²) in [6, 6.07) is -0.752. The fourth-order valence-electron chi connectivity index (χ4n) is 0.969. The second kappa shape index (κ2) is 5.57. The van der Waals surface area contributed by atoms with Crippen LogP contribution in [0.15, 0.2) is 0 Å². The zero-order valence-corrected chi connectivity index (χ0v) is 8.10. The van der Waals surface area contributed by atoms with E-state index in [2.05, 4.69) is 0 Å². The molecule has 7 heteroatoms. The Morgan fingerprint density at radius 3 is 2.27 bits per heavy atom. The molecule has 0 aromatic rings. The van der Waals surface area contributed by atoms with E-state index < -0.39 is 30.5 Å². The maximum absolute atomic E-state index is 11.7. The molecule has 0 aromatic carbocycles. The molecule has 0 aromatic heterocycles. The third-order valence-corrected chi connectivity index (χ3v) is 1.64. The summed E-state index contributed by atoms with van der Waals surface area (Å²) < 4.78 is 35.2. The Morgan fingerprint density at radius 1 is 1.40 bits per heavy atom. The van der Waals surface area contributed by atoms with Gasteiger partial charge in [-0.25, -0.2) is 0 Å². The molecule has 1 atom stereocenters. The highest BCUT2D eigenvalue weighted by Gasteiger charge is 2.31. The molecule has 0 saturated heterocycles. The number of aliphatic carboxylic acids is 1. The molecule has 88 valence electrons. The molecule has 0 fully saturated rings. The minimum Gasteiger partial charge on any atom is -0.481 e. The number of alkyl halides is 3. The highest BCUT2D eigenvalue weighted by molar-refractivity contribution is 5.77. The zero-order valence-electron chi connectivity index (χ0n) is 8.10. The van der Waals surface area contributed by atoms with Crippen LogP contribution in [0.5, 0.6) is 0 Å². The maximum atomic E-state index is 11.7. The minimum absolute atomic E-state index is 0.274. The van der Waals surface area contributed by atoms with Crippen molar-refractivity contribution in [2.45, 2.75) is 38.4 Å². The number of hydrogen-bond donors (Lipinski definition) is 2. The molecule has 0 aliphatic rings. The second-order valence-electron chi connectivity index (χ2n) is 3.06. The van der Waals surface area contributed by atoms with Crippen LogP contribution in [0.25, 0.3) is 0 Å². The van der Waals surface area contributed by atoms with Crippen molar-refractivity contribution in [1.82, 2.24) is 5.32 Å². The summed E-state index contributed by atoms with van der Waals surface area (Å²) in [5.74, 6) is -2.36. The molecule has 1 amide bonds. The number of carbonyl (C=O) groups is 2. The van der Waals surface area contributed by atoms with Gasteiger partial charge in [0.2, 0.25) is 5.91 Å². The third-order valence-electron chi connectivity index (χ3n) is 1.64. The lowest BCUT2D eigenvalue weighted by molar-refractivity contribution is -0.154. The van der Waals surface area contributed by atoms with Crippen LogP contribution in [-0.2, 0) is 9.59 Å². The highest BCUT2D eigenvalue weighted by Crippen LogP contribution is 2.19. The Morgan fingerprint density at radius 2 is 1.93 bits per heavy atom. The van der Waals surface area contributed by atoms with Gasteiger partial charge in [0.1, 0.15) is 6.42 Å². The number of carbonyl (C=O) groups excluding carboxylic acids is 1. The SMILES string of the molecule is CCC(CC(=O)O)NC(=O)CC(F)(F)F. The molecule has 0 radical (unpaired) electrons. The van der Waals surface area contributed by atoms with Gasteiger partial charge in [-0.2, -0.15) is 13.2 Å². The van der Waals surface area contributed by atoms with E-state index in [9.17, 15) is 22.8 Å². The molecule has 0 rings (SSSR count). The van der Waals surface area contributed by atoms with Gasteiger partial charge in [-0.15, -0.1) is 0 Å². The van der Waals surface area contributed by atoms with Crippen molar-refractivity contribution >= 4 is 11.9 Å². The van der Waals surface area contributed by atoms with Gasteiger partial charge in [-0.05, 0) is 6.42 Å². The molecule has 0 aliphatic carbocycles. The van der Waals surface area contributed by atoms with E-state index in [1.807, 2.05) is 5.32 Å². The molecule has 15 heavy (non-hydrogen) atoms. The van der Waals surface area contributed by atoms with Gasteiger partial charge in [0.05, 0.1) is 6.42 Å². The molecule has 0 heterocycles. The average molecular weight is 227 g/mol. The van der Waals surface area contributed by atoms with Crippen molar-refractivity contribution in [3.05, 3.63) is 0 Å². The van der Waals surface area contributed by atoms with Crippen LogP contribution in [0.1, 0.15) is 26.2 Å². The normalized spacial score (nSPS) is 13.3. The molecule has 4 nitrogen and oxygen atoms in total. The molecule has 0 spiro atoms. The number of nitrogens with one attached hydrogen (secondary N) is 1.